The topological polar surface area (TPSA) is 46.2 Å². The lowest BCUT2D eigenvalue weighted by atomic mass is 9.81. The van der Waals surface area contributed by atoms with E-state index in [0.29, 0.717) is 0 Å². The lowest BCUT2D eigenvalue weighted by molar-refractivity contribution is 0.130. The van der Waals surface area contributed by atoms with Crippen molar-refractivity contribution in [2.45, 2.75) is 26.8 Å². The van der Waals surface area contributed by atoms with E-state index in [1.807, 2.05) is 0 Å². The first-order valence-electron chi connectivity index (χ1n) is 5.12. The van der Waals surface area contributed by atoms with Gasteiger partial charge in [-0.05, 0) is 12.5 Å². The van der Waals surface area contributed by atoms with Crippen LogP contribution in [0.4, 0.5) is 8.78 Å². The van der Waals surface area contributed by atoms with Gasteiger partial charge in [0.05, 0.1) is 0 Å². The molecule has 1 aromatic carbocycles. The van der Waals surface area contributed by atoms with E-state index >= 15 is 0 Å². The Bertz CT molecular complexity index is 391. The van der Waals surface area contributed by atoms with Crippen molar-refractivity contribution in [3.8, 4) is 0 Å². The molecular formula is C12H17F2NO. The van der Waals surface area contributed by atoms with Crippen LogP contribution in [0.1, 0.15) is 31.0 Å². The molecule has 0 saturated carbocycles. The van der Waals surface area contributed by atoms with E-state index in [1.165, 1.54) is 19.1 Å². The Morgan fingerprint density at radius 2 is 1.88 bits per heavy atom. The molecule has 1 rings (SSSR count). The highest BCUT2D eigenvalue weighted by Gasteiger charge is 2.30. The molecule has 0 heterocycles. The molecule has 2 nitrogen and oxygen atoms in total. The van der Waals surface area contributed by atoms with Crippen molar-refractivity contribution in [2.75, 3.05) is 6.61 Å². The van der Waals surface area contributed by atoms with Crippen molar-refractivity contribution in [2.24, 2.45) is 11.1 Å². The summed E-state index contributed by atoms with van der Waals surface area (Å²) in [7, 11) is 0. The zero-order chi connectivity index (χ0) is 12.5. The Morgan fingerprint density at radius 3 is 2.38 bits per heavy atom. The average molecular weight is 229 g/mol. The van der Waals surface area contributed by atoms with Gasteiger partial charge in [-0.1, -0.05) is 26.0 Å². The zero-order valence-electron chi connectivity index (χ0n) is 9.72. The van der Waals surface area contributed by atoms with Gasteiger partial charge in [0.2, 0.25) is 0 Å². The normalized spacial score (nSPS) is 13.9. The van der Waals surface area contributed by atoms with Crippen molar-refractivity contribution in [1.82, 2.24) is 0 Å². The number of nitrogens with two attached hydrogens (primary N) is 1. The second-order valence-corrected chi connectivity index (χ2v) is 4.72. The first-order valence-corrected chi connectivity index (χ1v) is 5.12. The molecule has 0 fully saturated rings. The van der Waals surface area contributed by atoms with E-state index < -0.39 is 23.1 Å². The summed E-state index contributed by atoms with van der Waals surface area (Å²) in [5.74, 6) is -1.80. The molecule has 0 aliphatic carbocycles. The maximum absolute atomic E-state index is 13.6. The Morgan fingerprint density at radius 1 is 1.31 bits per heavy atom. The van der Waals surface area contributed by atoms with Crippen LogP contribution >= 0.6 is 0 Å². The molecule has 0 unspecified atom stereocenters. The highest BCUT2D eigenvalue weighted by Crippen LogP contribution is 2.33. The Labute approximate surface area is 94.1 Å². The minimum Gasteiger partial charge on any atom is -0.396 e. The van der Waals surface area contributed by atoms with E-state index in [-0.39, 0.29) is 17.7 Å². The quantitative estimate of drug-likeness (QED) is 0.835. The fraction of sp³-hybridized carbons (Fsp3) is 0.500. The van der Waals surface area contributed by atoms with Gasteiger partial charge in [-0.25, -0.2) is 8.78 Å². The van der Waals surface area contributed by atoms with Gasteiger partial charge in [-0.2, -0.15) is 0 Å². The minimum absolute atomic E-state index is 0.0992. The smallest absolute Gasteiger partial charge is 0.163 e. The Balaban J connectivity index is 3.20. The summed E-state index contributed by atoms with van der Waals surface area (Å²) < 4.78 is 27.0. The molecule has 0 radical (unpaired) electrons. The predicted octanol–water partition coefficient (Wildman–Crippen LogP) is 2.29. The van der Waals surface area contributed by atoms with Gasteiger partial charge in [0.25, 0.3) is 0 Å². The lowest BCUT2D eigenvalue weighted by Crippen LogP contribution is -2.33. The summed E-state index contributed by atoms with van der Waals surface area (Å²) >= 11 is 0. The Kier molecular flexibility index (Phi) is 3.65. The molecule has 0 amide bonds. The lowest BCUT2D eigenvalue weighted by Gasteiger charge is -2.30. The van der Waals surface area contributed by atoms with Crippen LogP contribution in [0.25, 0.3) is 0 Å². The molecule has 0 saturated heterocycles. The number of halogens is 2. The van der Waals surface area contributed by atoms with Crippen LogP contribution in [0, 0.1) is 24.0 Å². The largest absolute Gasteiger partial charge is 0.396 e. The van der Waals surface area contributed by atoms with Gasteiger partial charge in [-0.15, -0.1) is 0 Å². The number of benzene rings is 1. The fourth-order valence-corrected chi connectivity index (χ4v) is 1.42. The van der Waals surface area contributed by atoms with Gasteiger partial charge in [0, 0.05) is 23.6 Å². The van der Waals surface area contributed by atoms with Crippen molar-refractivity contribution in [3.05, 3.63) is 34.9 Å². The summed E-state index contributed by atoms with van der Waals surface area (Å²) in [4.78, 5) is 0. The number of hydrogen-bond acceptors (Lipinski definition) is 2. The molecule has 1 aromatic rings. The first-order chi connectivity index (χ1) is 7.31. The average Bonchev–Trinajstić information content (AvgIpc) is 2.25. The fourth-order valence-electron chi connectivity index (χ4n) is 1.42. The summed E-state index contributed by atoms with van der Waals surface area (Å²) in [6.45, 7) is 4.71. The molecule has 90 valence electrons. The van der Waals surface area contributed by atoms with Crippen molar-refractivity contribution in [1.29, 1.82) is 0 Å². The second-order valence-electron chi connectivity index (χ2n) is 4.72. The van der Waals surface area contributed by atoms with Crippen molar-refractivity contribution >= 4 is 0 Å². The molecule has 16 heavy (non-hydrogen) atoms. The zero-order valence-corrected chi connectivity index (χ0v) is 9.72. The number of hydrogen-bond donors (Lipinski definition) is 2. The minimum atomic E-state index is -0.922. The van der Waals surface area contributed by atoms with Gasteiger partial charge >= 0.3 is 0 Å². The second kappa shape index (κ2) is 4.47. The third-order valence-electron chi connectivity index (χ3n) is 2.89. The van der Waals surface area contributed by atoms with Crippen molar-refractivity contribution < 1.29 is 13.9 Å². The molecule has 0 aromatic heterocycles. The number of aliphatic hydroxyl groups excluding tert-OH is 1. The maximum Gasteiger partial charge on any atom is 0.163 e. The van der Waals surface area contributed by atoms with Gasteiger partial charge in [-0.3, -0.25) is 0 Å². The van der Waals surface area contributed by atoms with Crippen LogP contribution in [-0.4, -0.2) is 11.7 Å². The standard InChI is InChI=1S/C12H17F2NO/c1-7-4-5-8(10(14)9(7)13)11(15)12(2,3)6-16/h4-5,11,16H,6,15H2,1-3H3/t11-/m1/s1. The monoisotopic (exact) mass is 229 g/mol. The molecule has 0 aliphatic heterocycles. The first kappa shape index (κ1) is 13.1. The molecule has 3 N–H and O–H groups in total. The van der Waals surface area contributed by atoms with Gasteiger partial charge in [0.15, 0.2) is 11.6 Å². The third kappa shape index (κ3) is 2.23. The molecule has 1 atom stereocenters. The molecule has 0 aliphatic rings. The van der Waals surface area contributed by atoms with Crippen LogP contribution in [0.2, 0.25) is 0 Å². The summed E-state index contributed by atoms with van der Waals surface area (Å²) in [5, 5.41) is 9.14. The van der Waals surface area contributed by atoms with Crippen LogP contribution in [0.3, 0.4) is 0 Å². The summed E-state index contributed by atoms with van der Waals surface area (Å²) in [6.07, 6.45) is 0. The highest BCUT2D eigenvalue weighted by molar-refractivity contribution is 5.28. The van der Waals surface area contributed by atoms with E-state index in [4.69, 9.17) is 10.8 Å². The van der Waals surface area contributed by atoms with E-state index in [9.17, 15) is 8.78 Å². The molecule has 0 bridgehead atoms. The number of rotatable bonds is 3. The van der Waals surface area contributed by atoms with Crippen LogP contribution < -0.4 is 5.73 Å². The maximum atomic E-state index is 13.6. The Hall–Kier alpha value is -1.00. The van der Waals surface area contributed by atoms with Gasteiger partial charge < -0.3 is 10.8 Å². The molecule has 0 spiro atoms. The van der Waals surface area contributed by atoms with Crippen LogP contribution in [0.5, 0.6) is 0 Å². The predicted molar refractivity (Wildman–Crippen MR) is 58.9 cm³/mol. The summed E-state index contributed by atoms with van der Waals surface area (Å²) in [5.41, 5.74) is 5.49. The van der Waals surface area contributed by atoms with Crippen LogP contribution in [-0.2, 0) is 0 Å². The van der Waals surface area contributed by atoms with E-state index in [2.05, 4.69) is 0 Å². The van der Waals surface area contributed by atoms with Gasteiger partial charge in [0.1, 0.15) is 0 Å². The third-order valence-corrected chi connectivity index (χ3v) is 2.89. The van der Waals surface area contributed by atoms with Crippen molar-refractivity contribution in [3.63, 3.8) is 0 Å². The highest BCUT2D eigenvalue weighted by atomic mass is 19.2. The molecular weight excluding hydrogens is 212 g/mol. The summed E-state index contributed by atoms with van der Waals surface area (Å²) in [6, 6.07) is 2.21. The number of aryl methyl sites for hydroxylation is 1. The SMILES string of the molecule is Cc1ccc([C@@H](N)C(C)(C)CO)c(F)c1F. The number of aliphatic hydroxyl groups is 1. The van der Waals surface area contributed by atoms with E-state index in [1.54, 1.807) is 13.8 Å². The molecule has 4 heteroatoms. The van der Waals surface area contributed by atoms with Crippen LogP contribution in [0.15, 0.2) is 12.1 Å². The van der Waals surface area contributed by atoms with E-state index in [0.717, 1.165) is 0 Å².